The fourth-order valence-corrected chi connectivity index (χ4v) is 1.12. The van der Waals surface area contributed by atoms with E-state index in [2.05, 4.69) is 0 Å². The molecule has 0 atom stereocenters. The Hall–Kier alpha value is -1.06. The van der Waals surface area contributed by atoms with E-state index in [0.29, 0.717) is 6.54 Å². The van der Waals surface area contributed by atoms with E-state index in [0.717, 1.165) is 10.0 Å². The van der Waals surface area contributed by atoms with Crippen molar-refractivity contribution in [3.63, 3.8) is 0 Å². The fraction of sp³-hybridized carbons (Fsp3) is 0.143. The summed E-state index contributed by atoms with van der Waals surface area (Å²) in [5.41, 5.74) is 4.78. The Morgan fingerprint density at radius 3 is 1.17 bits per heavy atom. The lowest BCUT2D eigenvalue weighted by Gasteiger charge is -1.80. The van der Waals surface area contributed by atoms with Gasteiger partial charge in [-0.2, -0.15) is 0 Å². The van der Waals surface area contributed by atoms with Gasteiger partial charge in [0.05, 0.1) is 6.61 Å². The van der Waals surface area contributed by atoms with Gasteiger partial charge in [0.2, 0.25) is 0 Å². The lowest BCUT2D eigenvalue weighted by atomic mass is 10.4. The molecule has 2 rings (SSSR count). The van der Waals surface area contributed by atoms with Crippen molar-refractivity contribution in [2.75, 3.05) is 13.2 Å². The molecule has 0 amide bonds. The molecule has 0 aliphatic rings. The zero-order valence-electron chi connectivity index (χ0n) is 9.97. The van der Waals surface area contributed by atoms with Crippen molar-refractivity contribution in [1.29, 1.82) is 0 Å². The summed E-state index contributed by atoms with van der Waals surface area (Å²) in [6.45, 7) is 0.472. The maximum atomic E-state index is 7.75. The molecular weight excluding hydrogens is 269 g/mol. The third-order valence-electron chi connectivity index (χ3n) is 1.60. The van der Waals surface area contributed by atoms with E-state index in [4.69, 9.17) is 34.0 Å². The summed E-state index contributed by atoms with van der Waals surface area (Å²) in [5, 5.41) is 9.34. The Labute approximate surface area is 118 Å². The van der Waals surface area contributed by atoms with Crippen molar-refractivity contribution in [3.05, 3.63) is 70.7 Å². The topological polar surface area (TPSA) is 46.2 Å². The van der Waals surface area contributed by atoms with Gasteiger partial charge in [0.15, 0.2) is 0 Å². The van der Waals surface area contributed by atoms with Crippen molar-refractivity contribution >= 4 is 23.2 Å². The van der Waals surface area contributed by atoms with Crippen LogP contribution in [0.15, 0.2) is 60.7 Å². The quantitative estimate of drug-likeness (QED) is 0.841. The molecule has 0 saturated heterocycles. The third kappa shape index (κ3) is 11.4. The van der Waals surface area contributed by atoms with Gasteiger partial charge in [-0.05, 0) is 24.3 Å². The van der Waals surface area contributed by atoms with Crippen LogP contribution >= 0.6 is 23.2 Å². The Bertz CT molecular complexity index is 342. The van der Waals surface area contributed by atoms with Gasteiger partial charge in [0.25, 0.3) is 0 Å². The monoisotopic (exact) mass is 285 g/mol. The molecule has 3 N–H and O–H groups in total. The molecule has 98 valence electrons. The third-order valence-corrected chi connectivity index (χ3v) is 2.10. The van der Waals surface area contributed by atoms with Crippen LogP contribution in [0.25, 0.3) is 0 Å². The minimum atomic E-state index is 0.0972. The second-order valence-corrected chi connectivity index (χ2v) is 3.98. The van der Waals surface area contributed by atoms with Crippen LogP contribution in [-0.2, 0) is 0 Å². The molecule has 2 aromatic rings. The minimum Gasteiger partial charge on any atom is -0.395 e. The lowest BCUT2D eigenvalue weighted by molar-refractivity contribution is 0.306. The normalized spacial score (nSPS) is 8.44. The average molecular weight is 286 g/mol. The van der Waals surface area contributed by atoms with Gasteiger partial charge >= 0.3 is 0 Å². The van der Waals surface area contributed by atoms with E-state index in [1.54, 1.807) is 0 Å². The fourth-order valence-electron chi connectivity index (χ4n) is 0.829. The Balaban J connectivity index is 0.000000253. The van der Waals surface area contributed by atoms with Gasteiger partial charge in [-0.1, -0.05) is 59.6 Å². The molecule has 0 radical (unpaired) electrons. The number of aliphatic hydroxyl groups excluding tert-OH is 1. The number of hydrogen-bond acceptors (Lipinski definition) is 2. The molecule has 18 heavy (non-hydrogen) atoms. The molecule has 0 unspecified atom stereocenters. The zero-order valence-corrected chi connectivity index (χ0v) is 11.5. The van der Waals surface area contributed by atoms with Crippen LogP contribution in [0.5, 0.6) is 0 Å². The summed E-state index contributed by atoms with van der Waals surface area (Å²) < 4.78 is 0. The number of aliphatic hydroxyl groups is 1. The van der Waals surface area contributed by atoms with Crippen LogP contribution in [0.1, 0.15) is 0 Å². The smallest absolute Gasteiger partial charge is 0.0553 e. The highest BCUT2D eigenvalue weighted by atomic mass is 35.5. The Morgan fingerprint density at radius 1 is 0.778 bits per heavy atom. The molecule has 0 aliphatic carbocycles. The maximum Gasteiger partial charge on any atom is 0.0553 e. The van der Waals surface area contributed by atoms with Crippen LogP contribution in [0.3, 0.4) is 0 Å². The number of benzene rings is 2. The lowest BCUT2D eigenvalue weighted by Crippen LogP contribution is -2.02. The van der Waals surface area contributed by atoms with Crippen molar-refractivity contribution in [1.82, 2.24) is 0 Å². The second-order valence-electron chi connectivity index (χ2n) is 3.10. The molecule has 0 heterocycles. The van der Waals surface area contributed by atoms with Crippen molar-refractivity contribution < 1.29 is 5.11 Å². The average Bonchev–Trinajstić information content (AvgIpc) is 2.41. The Kier molecular flexibility index (Phi) is 11.7. The first-order valence-corrected chi connectivity index (χ1v) is 6.18. The van der Waals surface area contributed by atoms with Crippen LogP contribution < -0.4 is 5.73 Å². The van der Waals surface area contributed by atoms with Gasteiger partial charge in [-0.3, -0.25) is 0 Å². The van der Waals surface area contributed by atoms with E-state index in [-0.39, 0.29) is 6.61 Å². The summed E-state index contributed by atoms with van der Waals surface area (Å²) in [7, 11) is 0. The van der Waals surface area contributed by atoms with Gasteiger partial charge in [-0.15, -0.1) is 0 Å². The number of rotatable bonds is 1. The predicted molar refractivity (Wildman–Crippen MR) is 79.0 cm³/mol. The molecule has 0 saturated carbocycles. The molecular formula is C14H17Cl2NO. The zero-order chi connectivity index (χ0) is 13.6. The first-order valence-electron chi connectivity index (χ1n) is 5.42. The largest absolute Gasteiger partial charge is 0.395 e. The van der Waals surface area contributed by atoms with Gasteiger partial charge in [0.1, 0.15) is 0 Å². The van der Waals surface area contributed by atoms with Crippen molar-refractivity contribution in [3.8, 4) is 0 Å². The first-order chi connectivity index (χ1) is 8.70. The SMILES string of the molecule is Clc1ccccc1.Clc1ccccc1.NCCO. The number of halogens is 2. The molecule has 4 heteroatoms. The van der Waals surface area contributed by atoms with E-state index in [9.17, 15) is 0 Å². The summed E-state index contributed by atoms with van der Waals surface area (Å²) in [4.78, 5) is 0. The summed E-state index contributed by atoms with van der Waals surface area (Å²) in [5.74, 6) is 0. The first kappa shape index (κ1) is 16.9. The molecule has 0 fully saturated rings. The molecule has 2 aromatic carbocycles. The Morgan fingerprint density at radius 2 is 1.06 bits per heavy atom. The van der Waals surface area contributed by atoms with E-state index >= 15 is 0 Å². The molecule has 0 spiro atoms. The maximum absolute atomic E-state index is 7.75. The molecule has 0 aliphatic heterocycles. The van der Waals surface area contributed by atoms with Crippen molar-refractivity contribution in [2.24, 2.45) is 5.73 Å². The van der Waals surface area contributed by atoms with Gasteiger partial charge in [-0.25, -0.2) is 0 Å². The van der Waals surface area contributed by atoms with Gasteiger partial charge in [0, 0.05) is 16.6 Å². The number of nitrogens with two attached hydrogens (primary N) is 1. The van der Waals surface area contributed by atoms with Crippen LogP contribution in [0, 0.1) is 0 Å². The van der Waals surface area contributed by atoms with E-state index in [1.807, 2.05) is 60.7 Å². The highest BCUT2D eigenvalue weighted by molar-refractivity contribution is 6.30. The van der Waals surface area contributed by atoms with Crippen LogP contribution in [-0.4, -0.2) is 18.3 Å². The molecule has 0 bridgehead atoms. The number of hydrogen-bond donors (Lipinski definition) is 2. The summed E-state index contributed by atoms with van der Waals surface area (Å²) in [6.07, 6.45) is 0. The minimum absolute atomic E-state index is 0.0972. The van der Waals surface area contributed by atoms with E-state index in [1.165, 1.54) is 0 Å². The molecule has 2 nitrogen and oxygen atoms in total. The summed E-state index contributed by atoms with van der Waals surface area (Å²) >= 11 is 11.1. The van der Waals surface area contributed by atoms with E-state index < -0.39 is 0 Å². The van der Waals surface area contributed by atoms with Crippen molar-refractivity contribution in [2.45, 2.75) is 0 Å². The van der Waals surface area contributed by atoms with Crippen LogP contribution in [0.2, 0.25) is 10.0 Å². The van der Waals surface area contributed by atoms with Crippen LogP contribution in [0.4, 0.5) is 0 Å². The predicted octanol–water partition coefficient (Wildman–Crippen LogP) is 3.62. The second kappa shape index (κ2) is 12.4. The highest BCUT2D eigenvalue weighted by Crippen LogP contribution is 2.04. The highest BCUT2D eigenvalue weighted by Gasteiger charge is 1.75. The summed E-state index contributed by atoms with van der Waals surface area (Å²) in [6, 6.07) is 18.9. The standard InChI is InChI=1S/2C6H5Cl.C2H7NO/c2*7-6-4-2-1-3-5-6;3-1-2-4/h2*1-5H;4H,1-3H2. The molecule has 0 aromatic heterocycles. The van der Waals surface area contributed by atoms with Gasteiger partial charge < -0.3 is 10.8 Å².